The van der Waals surface area contributed by atoms with Crippen molar-refractivity contribution < 1.29 is 9.53 Å². The molecule has 0 heterocycles. The van der Waals surface area contributed by atoms with Gasteiger partial charge in [0.25, 0.3) is 0 Å². The summed E-state index contributed by atoms with van der Waals surface area (Å²) < 4.78 is 5.45. The summed E-state index contributed by atoms with van der Waals surface area (Å²) in [6.07, 6.45) is 2.24. The van der Waals surface area contributed by atoms with Crippen molar-refractivity contribution in [1.82, 2.24) is 15.5 Å². The van der Waals surface area contributed by atoms with Crippen molar-refractivity contribution in [2.24, 2.45) is 0 Å². The summed E-state index contributed by atoms with van der Waals surface area (Å²) in [4.78, 5) is 13.6. The highest BCUT2D eigenvalue weighted by molar-refractivity contribution is 5.74. The van der Waals surface area contributed by atoms with Gasteiger partial charge in [0.1, 0.15) is 0 Å². The predicted molar refractivity (Wildman–Crippen MR) is 68.2 cm³/mol. The molecule has 17 heavy (non-hydrogen) atoms. The average molecular weight is 243 g/mol. The Morgan fingerprint density at radius 2 is 2.00 bits per heavy atom. The van der Waals surface area contributed by atoms with Gasteiger partial charge in [0.15, 0.2) is 0 Å². The Bertz CT molecular complexity index is 216. The first-order chi connectivity index (χ1) is 8.26. The van der Waals surface area contributed by atoms with Crippen LogP contribution >= 0.6 is 0 Å². The Morgan fingerprint density at radius 3 is 2.59 bits per heavy atom. The summed E-state index contributed by atoms with van der Waals surface area (Å²) in [5.74, 6) is 0. The van der Waals surface area contributed by atoms with Crippen molar-refractivity contribution in [2.45, 2.75) is 32.7 Å². The van der Waals surface area contributed by atoms with E-state index in [2.05, 4.69) is 29.4 Å². The second-order valence-corrected chi connectivity index (χ2v) is 4.31. The maximum absolute atomic E-state index is 11.2. The predicted octanol–water partition coefficient (Wildman–Crippen LogP) is 0.806. The lowest BCUT2D eigenvalue weighted by Crippen LogP contribution is -2.38. The number of nitrogens with zero attached hydrogens (tertiary/aromatic N) is 1. The lowest BCUT2D eigenvalue weighted by Gasteiger charge is -2.17. The lowest BCUT2D eigenvalue weighted by atomic mass is 10.5. The molecule has 0 aliphatic heterocycles. The molecular weight excluding hydrogens is 218 g/mol. The fraction of sp³-hybridized carbons (Fsp3) is 0.917. The van der Waals surface area contributed by atoms with E-state index in [4.69, 9.17) is 4.74 Å². The second kappa shape index (κ2) is 8.31. The molecule has 1 fully saturated rings. The Labute approximate surface area is 104 Å². The first-order valence-electron chi connectivity index (χ1n) is 6.60. The first kappa shape index (κ1) is 14.3. The van der Waals surface area contributed by atoms with E-state index in [9.17, 15) is 4.79 Å². The molecule has 1 aliphatic carbocycles. The van der Waals surface area contributed by atoms with Crippen LogP contribution in [0.2, 0.25) is 0 Å². The Kier molecular flexibility index (Phi) is 6.96. The van der Waals surface area contributed by atoms with E-state index in [0.29, 0.717) is 19.2 Å². The SMILES string of the molecule is CCN(CC)CCOCCNC(=O)NC1CC1. The summed E-state index contributed by atoms with van der Waals surface area (Å²) >= 11 is 0. The highest BCUT2D eigenvalue weighted by Gasteiger charge is 2.22. The molecule has 1 rings (SSSR count). The molecule has 100 valence electrons. The molecule has 2 amide bonds. The maximum atomic E-state index is 11.2. The zero-order valence-corrected chi connectivity index (χ0v) is 11.0. The van der Waals surface area contributed by atoms with Gasteiger partial charge in [0, 0.05) is 19.1 Å². The Balaban J connectivity index is 1.84. The van der Waals surface area contributed by atoms with Gasteiger partial charge in [0.05, 0.1) is 13.2 Å². The fourth-order valence-electron chi connectivity index (χ4n) is 1.54. The van der Waals surface area contributed by atoms with Gasteiger partial charge < -0.3 is 20.3 Å². The van der Waals surface area contributed by atoms with Gasteiger partial charge in [0.2, 0.25) is 0 Å². The van der Waals surface area contributed by atoms with Crippen molar-refractivity contribution in [3.05, 3.63) is 0 Å². The number of carbonyl (C=O) groups excluding carboxylic acids is 1. The molecule has 5 nitrogen and oxygen atoms in total. The van der Waals surface area contributed by atoms with Gasteiger partial charge in [-0.05, 0) is 25.9 Å². The quantitative estimate of drug-likeness (QED) is 0.589. The minimum atomic E-state index is -0.0696. The third kappa shape index (κ3) is 7.18. The van der Waals surface area contributed by atoms with Crippen molar-refractivity contribution in [3.8, 4) is 0 Å². The van der Waals surface area contributed by atoms with Gasteiger partial charge in [-0.25, -0.2) is 4.79 Å². The summed E-state index contributed by atoms with van der Waals surface area (Å²) in [5, 5.41) is 5.65. The van der Waals surface area contributed by atoms with Crippen LogP contribution < -0.4 is 10.6 Å². The number of carbonyl (C=O) groups is 1. The minimum absolute atomic E-state index is 0.0696. The van der Waals surface area contributed by atoms with E-state index < -0.39 is 0 Å². The van der Waals surface area contributed by atoms with Crippen molar-refractivity contribution in [3.63, 3.8) is 0 Å². The molecule has 0 aromatic rings. The van der Waals surface area contributed by atoms with E-state index in [1.807, 2.05) is 0 Å². The molecule has 0 saturated heterocycles. The smallest absolute Gasteiger partial charge is 0.315 e. The van der Waals surface area contributed by atoms with Crippen LogP contribution in [0.25, 0.3) is 0 Å². The number of amides is 2. The topological polar surface area (TPSA) is 53.6 Å². The molecule has 0 spiro atoms. The van der Waals surface area contributed by atoms with Gasteiger partial charge in [-0.15, -0.1) is 0 Å². The third-order valence-corrected chi connectivity index (χ3v) is 2.89. The minimum Gasteiger partial charge on any atom is -0.378 e. The molecule has 0 atom stereocenters. The van der Waals surface area contributed by atoms with Crippen LogP contribution in [0, 0.1) is 0 Å². The van der Waals surface area contributed by atoms with Gasteiger partial charge >= 0.3 is 6.03 Å². The number of rotatable bonds is 9. The van der Waals surface area contributed by atoms with Crippen LogP contribution in [0.1, 0.15) is 26.7 Å². The lowest BCUT2D eigenvalue weighted by molar-refractivity contribution is 0.109. The number of urea groups is 1. The summed E-state index contributed by atoms with van der Waals surface area (Å²) in [6.45, 7) is 9.26. The standard InChI is InChI=1S/C12H25N3O2/c1-3-15(4-2)8-10-17-9-7-13-12(16)14-11-5-6-11/h11H,3-10H2,1-2H3,(H2,13,14,16). The fourth-order valence-corrected chi connectivity index (χ4v) is 1.54. The molecule has 1 aliphatic rings. The molecule has 0 radical (unpaired) electrons. The monoisotopic (exact) mass is 243 g/mol. The van der Waals surface area contributed by atoms with Crippen molar-refractivity contribution in [2.75, 3.05) is 39.4 Å². The largest absolute Gasteiger partial charge is 0.378 e. The van der Waals surface area contributed by atoms with E-state index >= 15 is 0 Å². The van der Waals surface area contributed by atoms with E-state index in [-0.39, 0.29) is 6.03 Å². The van der Waals surface area contributed by atoms with Gasteiger partial charge in [-0.3, -0.25) is 0 Å². The molecular formula is C12H25N3O2. The number of nitrogens with one attached hydrogen (secondary N) is 2. The number of hydrogen-bond acceptors (Lipinski definition) is 3. The van der Waals surface area contributed by atoms with Crippen LogP contribution in [0.4, 0.5) is 4.79 Å². The van der Waals surface area contributed by atoms with Gasteiger partial charge in [-0.1, -0.05) is 13.8 Å². The van der Waals surface area contributed by atoms with E-state index in [1.165, 1.54) is 0 Å². The van der Waals surface area contributed by atoms with Crippen LogP contribution in [0.5, 0.6) is 0 Å². The zero-order chi connectivity index (χ0) is 12.5. The molecule has 5 heteroatoms. The first-order valence-corrected chi connectivity index (χ1v) is 6.60. The third-order valence-electron chi connectivity index (χ3n) is 2.89. The number of likely N-dealkylation sites (N-methyl/N-ethyl adjacent to an activating group) is 1. The average Bonchev–Trinajstić information content (AvgIpc) is 3.12. The molecule has 2 N–H and O–H groups in total. The Morgan fingerprint density at radius 1 is 1.29 bits per heavy atom. The maximum Gasteiger partial charge on any atom is 0.315 e. The van der Waals surface area contributed by atoms with Crippen LogP contribution in [0.15, 0.2) is 0 Å². The van der Waals surface area contributed by atoms with Crippen LogP contribution in [-0.4, -0.2) is 56.4 Å². The van der Waals surface area contributed by atoms with E-state index in [1.54, 1.807) is 0 Å². The number of ether oxygens (including phenoxy) is 1. The second-order valence-electron chi connectivity index (χ2n) is 4.31. The summed E-state index contributed by atoms with van der Waals surface area (Å²) in [6, 6.07) is 0.346. The highest BCUT2D eigenvalue weighted by atomic mass is 16.5. The molecule has 1 saturated carbocycles. The normalized spacial score (nSPS) is 15.0. The Hall–Kier alpha value is -0.810. The summed E-state index contributed by atoms with van der Waals surface area (Å²) in [5.41, 5.74) is 0. The van der Waals surface area contributed by atoms with Crippen LogP contribution in [0.3, 0.4) is 0 Å². The van der Waals surface area contributed by atoms with Crippen LogP contribution in [-0.2, 0) is 4.74 Å². The molecule has 0 aromatic heterocycles. The van der Waals surface area contributed by atoms with Crippen molar-refractivity contribution >= 4 is 6.03 Å². The molecule has 0 unspecified atom stereocenters. The van der Waals surface area contributed by atoms with E-state index in [0.717, 1.165) is 39.1 Å². The molecule has 0 bridgehead atoms. The highest BCUT2D eigenvalue weighted by Crippen LogP contribution is 2.17. The van der Waals surface area contributed by atoms with Gasteiger partial charge in [-0.2, -0.15) is 0 Å². The zero-order valence-electron chi connectivity index (χ0n) is 11.0. The number of hydrogen-bond donors (Lipinski definition) is 2. The molecule has 0 aromatic carbocycles. The summed E-state index contributed by atoms with van der Waals surface area (Å²) in [7, 11) is 0. The van der Waals surface area contributed by atoms with Crippen molar-refractivity contribution in [1.29, 1.82) is 0 Å².